The van der Waals surface area contributed by atoms with Crippen molar-refractivity contribution in [1.29, 1.82) is 0 Å². The summed E-state index contributed by atoms with van der Waals surface area (Å²) in [4.78, 5) is 41.8. The summed E-state index contributed by atoms with van der Waals surface area (Å²) in [6, 6.07) is 8.46. The molecule has 1 aliphatic heterocycles. The third kappa shape index (κ3) is 4.67. The van der Waals surface area contributed by atoms with E-state index in [4.69, 9.17) is 5.73 Å². The molecule has 1 fully saturated rings. The molecule has 4 N–H and O–H groups in total. The lowest BCUT2D eigenvalue weighted by Gasteiger charge is -2.36. The van der Waals surface area contributed by atoms with Gasteiger partial charge in [0, 0.05) is 61.2 Å². The Bertz CT molecular complexity index is 815. The van der Waals surface area contributed by atoms with Crippen molar-refractivity contribution in [1.82, 2.24) is 15.2 Å². The molecule has 0 aliphatic carbocycles. The van der Waals surface area contributed by atoms with Crippen LogP contribution in [0.1, 0.15) is 52.0 Å². The van der Waals surface area contributed by atoms with Crippen LogP contribution in [-0.2, 0) is 4.79 Å². The minimum atomic E-state index is -0.0897. The van der Waals surface area contributed by atoms with Crippen molar-refractivity contribution >= 4 is 17.6 Å². The van der Waals surface area contributed by atoms with Crippen LogP contribution >= 0.6 is 0 Å². The molecule has 1 atom stereocenters. The zero-order chi connectivity index (χ0) is 19.9. The van der Waals surface area contributed by atoms with Gasteiger partial charge in [0.05, 0.1) is 0 Å². The van der Waals surface area contributed by atoms with Gasteiger partial charge < -0.3 is 20.9 Å². The number of hydrogen-bond acceptors (Lipinski definition) is 4. The van der Waals surface area contributed by atoms with Gasteiger partial charge in [-0.1, -0.05) is 12.1 Å². The highest BCUT2D eigenvalue weighted by atomic mass is 16.2. The lowest BCUT2D eigenvalue weighted by atomic mass is 9.99. The van der Waals surface area contributed by atoms with Crippen LogP contribution in [-0.4, -0.2) is 53.2 Å². The average Bonchev–Trinajstić information content (AvgIpc) is 3.27. The van der Waals surface area contributed by atoms with E-state index in [1.165, 1.54) is 0 Å². The molecule has 0 spiro atoms. The zero-order valence-corrected chi connectivity index (χ0v) is 15.8. The molecule has 2 heterocycles. The number of hydrogen-bond donors (Lipinski definition) is 3. The maximum atomic E-state index is 13.0. The Morgan fingerprint density at radius 3 is 2.50 bits per heavy atom. The van der Waals surface area contributed by atoms with Crippen LogP contribution in [0, 0.1) is 0 Å². The summed E-state index contributed by atoms with van der Waals surface area (Å²) in [6.45, 7) is 1.42. The fraction of sp³-hybridized carbons (Fsp3) is 0.381. The van der Waals surface area contributed by atoms with Gasteiger partial charge in [-0.05, 0) is 37.5 Å². The van der Waals surface area contributed by atoms with Crippen molar-refractivity contribution < 1.29 is 14.4 Å². The average molecular weight is 382 g/mol. The first kappa shape index (κ1) is 19.8. The van der Waals surface area contributed by atoms with Crippen LogP contribution in [0.2, 0.25) is 0 Å². The van der Waals surface area contributed by atoms with Crippen molar-refractivity contribution in [2.45, 2.75) is 31.7 Å². The number of carbonyl (C=O) groups excluding carboxylic acids is 3. The Morgan fingerprint density at radius 1 is 1.07 bits per heavy atom. The van der Waals surface area contributed by atoms with Gasteiger partial charge >= 0.3 is 0 Å². The molecular formula is C21H26N4O3. The number of benzene rings is 1. The van der Waals surface area contributed by atoms with E-state index in [2.05, 4.69) is 10.3 Å². The summed E-state index contributed by atoms with van der Waals surface area (Å²) in [6.07, 6.45) is 6.48. The molecule has 0 saturated carbocycles. The number of amides is 2. The molecule has 2 amide bonds. The molecule has 148 valence electrons. The summed E-state index contributed by atoms with van der Waals surface area (Å²) >= 11 is 0. The SMILES string of the molecule is NCCC(=O)NCC1CCCCN1C(=O)c1ccc(C(=O)c2cc[nH]c2)cc1. The smallest absolute Gasteiger partial charge is 0.254 e. The van der Waals surface area contributed by atoms with Crippen LogP contribution in [0.5, 0.6) is 0 Å². The Morgan fingerprint density at radius 2 is 1.82 bits per heavy atom. The predicted octanol–water partition coefficient (Wildman–Crippen LogP) is 1.71. The molecule has 1 saturated heterocycles. The van der Waals surface area contributed by atoms with Crippen LogP contribution in [0.15, 0.2) is 42.7 Å². The highest BCUT2D eigenvalue weighted by Gasteiger charge is 2.27. The van der Waals surface area contributed by atoms with E-state index in [9.17, 15) is 14.4 Å². The van der Waals surface area contributed by atoms with Crippen LogP contribution < -0.4 is 11.1 Å². The van der Waals surface area contributed by atoms with Crippen molar-refractivity contribution in [2.75, 3.05) is 19.6 Å². The molecule has 1 aliphatic rings. The van der Waals surface area contributed by atoms with Crippen LogP contribution in [0.25, 0.3) is 0 Å². The van der Waals surface area contributed by atoms with Crippen molar-refractivity contribution in [2.24, 2.45) is 5.73 Å². The molecule has 1 aromatic heterocycles. The van der Waals surface area contributed by atoms with Crippen LogP contribution in [0.4, 0.5) is 0 Å². The number of aromatic amines is 1. The highest BCUT2D eigenvalue weighted by Crippen LogP contribution is 2.20. The number of aromatic nitrogens is 1. The number of rotatable bonds is 7. The molecule has 28 heavy (non-hydrogen) atoms. The van der Waals surface area contributed by atoms with E-state index in [-0.39, 0.29) is 30.1 Å². The first-order valence-corrected chi connectivity index (χ1v) is 9.65. The zero-order valence-electron chi connectivity index (χ0n) is 15.8. The van der Waals surface area contributed by atoms with E-state index in [0.29, 0.717) is 36.3 Å². The minimum Gasteiger partial charge on any atom is -0.367 e. The lowest BCUT2D eigenvalue weighted by molar-refractivity contribution is -0.121. The molecule has 0 radical (unpaired) electrons. The number of piperidine rings is 1. The minimum absolute atomic E-state index is 0.0239. The Hall–Kier alpha value is -2.93. The van der Waals surface area contributed by atoms with Gasteiger partial charge in [-0.25, -0.2) is 0 Å². The van der Waals surface area contributed by atoms with E-state index in [1.54, 1.807) is 42.7 Å². The molecule has 1 aromatic carbocycles. The summed E-state index contributed by atoms with van der Waals surface area (Å²) in [7, 11) is 0. The monoisotopic (exact) mass is 382 g/mol. The Balaban J connectivity index is 1.67. The number of carbonyl (C=O) groups is 3. The number of likely N-dealkylation sites (tertiary alicyclic amines) is 1. The first-order valence-electron chi connectivity index (χ1n) is 9.65. The number of nitrogens with two attached hydrogens (primary N) is 1. The van der Waals surface area contributed by atoms with E-state index in [1.807, 2.05) is 4.90 Å². The highest BCUT2D eigenvalue weighted by molar-refractivity contribution is 6.09. The van der Waals surface area contributed by atoms with Gasteiger partial charge in [0.25, 0.3) is 5.91 Å². The summed E-state index contributed by atoms with van der Waals surface area (Å²) in [5.41, 5.74) is 7.08. The molecular weight excluding hydrogens is 356 g/mol. The normalized spacial score (nSPS) is 16.6. The molecule has 0 bridgehead atoms. The second-order valence-corrected chi connectivity index (χ2v) is 7.00. The second-order valence-electron chi connectivity index (χ2n) is 7.00. The fourth-order valence-electron chi connectivity index (χ4n) is 3.49. The molecule has 3 rings (SSSR count). The Kier molecular flexibility index (Phi) is 6.60. The van der Waals surface area contributed by atoms with E-state index in [0.717, 1.165) is 19.3 Å². The van der Waals surface area contributed by atoms with Crippen molar-refractivity contribution in [3.05, 3.63) is 59.4 Å². The van der Waals surface area contributed by atoms with Gasteiger partial charge in [-0.15, -0.1) is 0 Å². The van der Waals surface area contributed by atoms with Gasteiger partial charge in [0.2, 0.25) is 5.91 Å². The maximum Gasteiger partial charge on any atom is 0.254 e. The fourth-order valence-corrected chi connectivity index (χ4v) is 3.49. The largest absolute Gasteiger partial charge is 0.367 e. The van der Waals surface area contributed by atoms with E-state index >= 15 is 0 Å². The Labute approximate surface area is 164 Å². The number of nitrogens with zero attached hydrogens (tertiary/aromatic N) is 1. The number of ketones is 1. The topological polar surface area (TPSA) is 108 Å². The van der Waals surface area contributed by atoms with Gasteiger partial charge in [0.1, 0.15) is 0 Å². The number of H-pyrrole nitrogens is 1. The van der Waals surface area contributed by atoms with Gasteiger partial charge in [0.15, 0.2) is 5.78 Å². The van der Waals surface area contributed by atoms with Gasteiger partial charge in [-0.2, -0.15) is 0 Å². The lowest BCUT2D eigenvalue weighted by Crippen LogP contribution is -2.49. The van der Waals surface area contributed by atoms with E-state index < -0.39 is 0 Å². The summed E-state index contributed by atoms with van der Waals surface area (Å²) in [5, 5.41) is 2.87. The van der Waals surface area contributed by atoms with Crippen LogP contribution in [0.3, 0.4) is 0 Å². The van der Waals surface area contributed by atoms with Crippen molar-refractivity contribution in [3.8, 4) is 0 Å². The summed E-state index contributed by atoms with van der Waals surface area (Å²) in [5.74, 6) is -0.245. The third-order valence-electron chi connectivity index (χ3n) is 5.05. The molecule has 1 unspecified atom stereocenters. The second kappa shape index (κ2) is 9.32. The first-order chi connectivity index (χ1) is 13.6. The molecule has 7 nitrogen and oxygen atoms in total. The standard InChI is InChI=1S/C21H26N4O3/c22-10-8-19(26)24-14-18-3-1-2-12-25(18)21(28)16-6-4-15(5-7-16)20(27)17-9-11-23-13-17/h4-7,9,11,13,18,23H,1-3,8,10,12,14,22H2,(H,24,26). The predicted molar refractivity (Wildman–Crippen MR) is 106 cm³/mol. The number of nitrogens with one attached hydrogen (secondary N) is 2. The summed E-state index contributed by atoms with van der Waals surface area (Å²) < 4.78 is 0. The molecule has 2 aromatic rings. The van der Waals surface area contributed by atoms with Gasteiger partial charge in [-0.3, -0.25) is 14.4 Å². The quantitative estimate of drug-likeness (QED) is 0.633. The third-order valence-corrected chi connectivity index (χ3v) is 5.05. The molecule has 7 heteroatoms. The van der Waals surface area contributed by atoms with Crippen molar-refractivity contribution in [3.63, 3.8) is 0 Å². The maximum absolute atomic E-state index is 13.0.